The number of hydrogen-bond acceptors (Lipinski definition) is 6. The lowest BCUT2D eigenvalue weighted by molar-refractivity contribution is 0.328. The smallest absolute Gasteiger partial charge is 0.242 e. The van der Waals surface area contributed by atoms with Gasteiger partial charge in [0, 0.05) is 12.4 Å². The van der Waals surface area contributed by atoms with Crippen molar-refractivity contribution in [1.29, 1.82) is 0 Å². The Hall–Kier alpha value is -2.31. The van der Waals surface area contributed by atoms with Gasteiger partial charge in [0.05, 0.1) is 13.2 Å². The maximum absolute atomic E-state index is 5.87. The van der Waals surface area contributed by atoms with E-state index in [0.717, 1.165) is 5.82 Å². The zero-order chi connectivity index (χ0) is 12.1. The molecule has 0 saturated carbocycles. The van der Waals surface area contributed by atoms with E-state index in [9.17, 15) is 0 Å². The molecular weight excluding hydrogens is 220 g/mol. The van der Waals surface area contributed by atoms with Crippen molar-refractivity contribution in [3.05, 3.63) is 24.5 Å². The zero-order valence-electron chi connectivity index (χ0n) is 9.47. The molecule has 0 aliphatic heterocycles. The Bertz CT molecular complexity index is 470. The molecule has 4 N–H and O–H groups in total. The first-order chi connectivity index (χ1) is 8.31. The van der Waals surface area contributed by atoms with Crippen LogP contribution in [0.15, 0.2) is 18.7 Å². The van der Waals surface area contributed by atoms with Crippen molar-refractivity contribution < 1.29 is 4.74 Å². The Morgan fingerprint density at radius 2 is 2.29 bits per heavy atom. The van der Waals surface area contributed by atoms with Crippen molar-refractivity contribution in [2.45, 2.75) is 13.5 Å². The summed E-state index contributed by atoms with van der Waals surface area (Å²) in [4.78, 5) is 15.1. The molecule has 90 valence electrons. The van der Waals surface area contributed by atoms with Crippen LogP contribution < -0.4 is 15.8 Å². The molecule has 0 bridgehead atoms. The predicted molar refractivity (Wildman–Crippen MR) is 63.5 cm³/mol. The van der Waals surface area contributed by atoms with Gasteiger partial charge in [0.2, 0.25) is 5.88 Å². The minimum absolute atomic E-state index is 0.393. The minimum Gasteiger partial charge on any atom is -0.476 e. The average Bonchev–Trinajstić information content (AvgIpc) is 2.83. The molecule has 0 aliphatic carbocycles. The van der Waals surface area contributed by atoms with Crippen molar-refractivity contribution in [1.82, 2.24) is 19.9 Å². The Balaban J connectivity index is 2.07. The highest BCUT2D eigenvalue weighted by Crippen LogP contribution is 2.24. The number of ether oxygens (including phenoxy) is 1. The molecule has 2 heterocycles. The molecule has 0 saturated heterocycles. The molecule has 0 unspecified atom stereocenters. The van der Waals surface area contributed by atoms with Crippen LogP contribution in [0.5, 0.6) is 5.88 Å². The number of anilines is 2. The second-order valence-corrected chi connectivity index (χ2v) is 3.26. The molecule has 0 aromatic carbocycles. The van der Waals surface area contributed by atoms with Crippen LogP contribution in [-0.4, -0.2) is 26.5 Å². The molecule has 2 aromatic rings. The number of nitrogens with two attached hydrogens (primary N) is 1. The van der Waals surface area contributed by atoms with Crippen molar-refractivity contribution in [2.75, 3.05) is 17.7 Å². The molecule has 0 atom stereocenters. The summed E-state index contributed by atoms with van der Waals surface area (Å²) in [6.07, 6.45) is 4.85. The van der Waals surface area contributed by atoms with Gasteiger partial charge in [-0.1, -0.05) is 0 Å². The molecule has 0 aliphatic rings. The number of nitrogens with one attached hydrogen (secondary N) is 2. The number of aromatic nitrogens is 4. The van der Waals surface area contributed by atoms with E-state index in [4.69, 9.17) is 10.5 Å². The Labute approximate surface area is 98.5 Å². The van der Waals surface area contributed by atoms with Crippen LogP contribution in [0.2, 0.25) is 0 Å². The normalized spacial score (nSPS) is 10.2. The number of hydrogen-bond donors (Lipinski definition) is 3. The van der Waals surface area contributed by atoms with Crippen LogP contribution in [-0.2, 0) is 6.54 Å². The van der Waals surface area contributed by atoms with E-state index in [1.807, 2.05) is 6.92 Å². The van der Waals surface area contributed by atoms with Crippen LogP contribution >= 0.6 is 0 Å². The van der Waals surface area contributed by atoms with E-state index in [2.05, 4.69) is 25.3 Å². The van der Waals surface area contributed by atoms with Gasteiger partial charge in [-0.05, 0) is 6.92 Å². The van der Waals surface area contributed by atoms with Crippen LogP contribution in [0.4, 0.5) is 11.5 Å². The minimum atomic E-state index is 0.393. The lowest BCUT2D eigenvalue weighted by Crippen LogP contribution is -2.08. The lowest BCUT2D eigenvalue weighted by atomic mass is 10.4. The second kappa shape index (κ2) is 5.15. The molecule has 17 heavy (non-hydrogen) atoms. The van der Waals surface area contributed by atoms with Gasteiger partial charge >= 0.3 is 0 Å². The van der Waals surface area contributed by atoms with E-state index in [1.165, 1.54) is 6.33 Å². The first-order valence-electron chi connectivity index (χ1n) is 5.26. The molecular formula is C10H14N6O. The van der Waals surface area contributed by atoms with Crippen molar-refractivity contribution >= 4 is 11.5 Å². The molecule has 0 radical (unpaired) electrons. The molecule has 0 spiro atoms. The second-order valence-electron chi connectivity index (χ2n) is 3.26. The van der Waals surface area contributed by atoms with E-state index < -0.39 is 0 Å². The van der Waals surface area contributed by atoms with Gasteiger partial charge in [0.15, 0.2) is 5.82 Å². The first kappa shape index (κ1) is 11.2. The van der Waals surface area contributed by atoms with E-state index >= 15 is 0 Å². The SMILES string of the molecule is CCOc1ncnc(NCc2ncc[nH]2)c1N. The number of aromatic amines is 1. The Morgan fingerprint density at radius 3 is 3.00 bits per heavy atom. The van der Waals surface area contributed by atoms with Crippen LogP contribution in [0.25, 0.3) is 0 Å². The highest BCUT2D eigenvalue weighted by molar-refractivity contribution is 5.66. The van der Waals surface area contributed by atoms with Crippen LogP contribution in [0.3, 0.4) is 0 Å². The lowest BCUT2D eigenvalue weighted by Gasteiger charge is -2.09. The van der Waals surface area contributed by atoms with Gasteiger partial charge in [-0.25, -0.2) is 9.97 Å². The van der Waals surface area contributed by atoms with Crippen molar-refractivity contribution in [3.63, 3.8) is 0 Å². The van der Waals surface area contributed by atoms with Crippen LogP contribution in [0.1, 0.15) is 12.7 Å². The number of nitrogen functional groups attached to an aromatic ring is 1. The van der Waals surface area contributed by atoms with Gasteiger partial charge in [0.1, 0.15) is 17.8 Å². The molecule has 2 aromatic heterocycles. The largest absolute Gasteiger partial charge is 0.476 e. The van der Waals surface area contributed by atoms with Crippen LogP contribution in [0, 0.1) is 0 Å². The molecule has 0 fully saturated rings. The molecule has 7 heteroatoms. The topological polar surface area (TPSA) is 102 Å². The monoisotopic (exact) mass is 234 g/mol. The summed E-state index contributed by atoms with van der Waals surface area (Å²) in [5.74, 6) is 1.74. The average molecular weight is 234 g/mol. The van der Waals surface area contributed by atoms with Gasteiger partial charge in [-0.3, -0.25) is 0 Å². The van der Waals surface area contributed by atoms with Gasteiger partial charge in [-0.15, -0.1) is 0 Å². The summed E-state index contributed by atoms with van der Waals surface area (Å²) >= 11 is 0. The van der Waals surface area contributed by atoms with Gasteiger partial charge in [0.25, 0.3) is 0 Å². The molecule has 7 nitrogen and oxygen atoms in total. The van der Waals surface area contributed by atoms with Gasteiger partial charge in [-0.2, -0.15) is 4.98 Å². The quantitative estimate of drug-likeness (QED) is 0.707. The predicted octanol–water partition coefficient (Wildman–Crippen LogP) is 0.793. The third-order valence-electron chi connectivity index (χ3n) is 2.11. The summed E-state index contributed by atoms with van der Waals surface area (Å²) in [7, 11) is 0. The maximum atomic E-state index is 5.87. The van der Waals surface area contributed by atoms with E-state index in [1.54, 1.807) is 12.4 Å². The van der Waals surface area contributed by atoms with E-state index in [0.29, 0.717) is 30.5 Å². The van der Waals surface area contributed by atoms with Crippen molar-refractivity contribution in [3.8, 4) is 5.88 Å². The summed E-state index contributed by atoms with van der Waals surface area (Å²) in [6, 6.07) is 0. The number of H-pyrrole nitrogens is 1. The maximum Gasteiger partial charge on any atom is 0.242 e. The van der Waals surface area contributed by atoms with Crippen molar-refractivity contribution in [2.24, 2.45) is 0 Å². The number of nitrogens with zero attached hydrogens (tertiary/aromatic N) is 3. The number of imidazole rings is 1. The zero-order valence-corrected chi connectivity index (χ0v) is 9.47. The van der Waals surface area contributed by atoms with Gasteiger partial charge < -0.3 is 20.8 Å². The third-order valence-corrected chi connectivity index (χ3v) is 2.11. The standard InChI is InChI=1S/C10H14N6O/c1-2-17-10-8(11)9(15-6-16-10)14-5-7-12-3-4-13-7/h3-4,6H,2,5,11H2,1H3,(H,12,13)(H,14,15,16). The highest BCUT2D eigenvalue weighted by atomic mass is 16.5. The number of rotatable bonds is 5. The Kier molecular flexibility index (Phi) is 3.39. The summed E-state index contributed by atoms with van der Waals surface area (Å²) in [5, 5.41) is 3.06. The summed E-state index contributed by atoms with van der Waals surface area (Å²) in [5.41, 5.74) is 6.27. The third kappa shape index (κ3) is 2.63. The fourth-order valence-electron chi connectivity index (χ4n) is 1.33. The first-order valence-corrected chi connectivity index (χ1v) is 5.26. The molecule has 2 rings (SSSR count). The fourth-order valence-corrected chi connectivity index (χ4v) is 1.33. The molecule has 0 amide bonds. The summed E-state index contributed by atoms with van der Waals surface area (Å²) in [6.45, 7) is 2.90. The highest BCUT2D eigenvalue weighted by Gasteiger charge is 2.08. The fraction of sp³-hybridized carbons (Fsp3) is 0.300. The van der Waals surface area contributed by atoms with E-state index in [-0.39, 0.29) is 0 Å². The Morgan fingerprint density at radius 1 is 1.41 bits per heavy atom. The summed E-state index contributed by atoms with van der Waals surface area (Å²) < 4.78 is 5.27.